The van der Waals surface area contributed by atoms with Crippen molar-refractivity contribution >= 4 is 45.9 Å². The zero-order chi connectivity index (χ0) is 24.2. The van der Waals surface area contributed by atoms with Gasteiger partial charge in [0.25, 0.3) is 5.56 Å². The molecular formula is C25H28N5O4S+. The number of amides is 2. The van der Waals surface area contributed by atoms with Gasteiger partial charge in [0.15, 0.2) is 5.16 Å². The van der Waals surface area contributed by atoms with Gasteiger partial charge in [0.2, 0.25) is 11.8 Å². The zero-order valence-corrected chi connectivity index (χ0v) is 20.2. The van der Waals surface area contributed by atoms with Gasteiger partial charge in [0.1, 0.15) is 19.6 Å². The third kappa shape index (κ3) is 5.24. The maximum Gasteiger partial charge on any atom is 0.262 e. The standard InChI is InChI=1S/C25H27N5O4S/c31-22-16-30(21-9-4-3-8-20(21)26-22)23(32)17-35-25-27-19-7-2-1-6-18(19)24(33)29(25)11-5-10-28-12-14-34-15-13-28/h1-4,6-9H,5,10-17H2,(H,26,31)/p+1. The number of nitrogens with zero attached hydrogens (tertiary/aromatic N) is 3. The highest BCUT2D eigenvalue weighted by Gasteiger charge is 2.27. The molecule has 9 nitrogen and oxygen atoms in total. The molecule has 0 radical (unpaired) electrons. The number of thioether (sulfide) groups is 1. The van der Waals surface area contributed by atoms with E-state index in [9.17, 15) is 14.4 Å². The molecule has 182 valence electrons. The molecule has 0 aliphatic carbocycles. The summed E-state index contributed by atoms with van der Waals surface area (Å²) >= 11 is 1.24. The summed E-state index contributed by atoms with van der Waals surface area (Å²) in [4.78, 5) is 46.3. The van der Waals surface area contributed by atoms with E-state index in [0.29, 0.717) is 34.0 Å². The topological polar surface area (TPSA) is 98.0 Å². The van der Waals surface area contributed by atoms with Crippen molar-refractivity contribution < 1.29 is 19.2 Å². The maximum atomic E-state index is 13.3. The van der Waals surface area contributed by atoms with Gasteiger partial charge < -0.3 is 19.9 Å². The Labute approximate surface area is 207 Å². The Hall–Kier alpha value is -3.21. The van der Waals surface area contributed by atoms with Crippen LogP contribution in [0.15, 0.2) is 58.5 Å². The van der Waals surface area contributed by atoms with Crippen molar-refractivity contribution in [1.29, 1.82) is 0 Å². The number of ether oxygens (including phenoxy) is 1. The number of carbonyl (C=O) groups excluding carboxylic acids is 2. The van der Waals surface area contributed by atoms with Crippen LogP contribution in [0, 0.1) is 0 Å². The SMILES string of the molecule is O=C1CN(C(=O)CSc2nc3ccccc3c(=O)n2CCC[NH+]2CCOCC2)c2ccccc2N1. The highest BCUT2D eigenvalue weighted by atomic mass is 32.2. The molecule has 2 amide bonds. The van der Waals surface area contributed by atoms with E-state index in [2.05, 4.69) is 5.32 Å². The maximum absolute atomic E-state index is 13.3. The second kappa shape index (κ2) is 10.6. The molecule has 0 spiro atoms. The minimum atomic E-state index is -0.228. The van der Waals surface area contributed by atoms with E-state index in [1.807, 2.05) is 36.4 Å². The molecule has 3 heterocycles. The van der Waals surface area contributed by atoms with Crippen LogP contribution in [-0.2, 0) is 20.9 Å². The van der Waals surface area contributed by atoms with Gasteiger partial charge in [0.05, 0.1) is 47.8 Å². The van der Waals surface area contributed by atoms with Gasteiger partial charge >= 0.3 is 0 Å². The predicted octanol–water partition coefficient (Wildman–Crippen LogP) is 0.779. The van der Waals surface area contributed by atoms with Crippen LogP contribution in [0.4, 0.5) is 11.4 Å². The summed E-state index contributed by atoms with van der Waals surface area (Å²) in [6.45, 7) is 4.95. The van der Waals surface area contributed by atoms with Crippen LogP contribution < -0.4 is 20.7 Å². The Balaban J connectivity index is 1.35. The van der Waals surface area contributed by atoms with Crippen LogP contribution in [0.3, 0.4) is 0 Å². The molecule has 0 atom stereocenters. The molecule has 0 bridgehead atoms. The minimum absolute atomic E-state index is 0.0311. The summed E-state index contributed by atoms with van der Waals surface area (Å²) in [5, 5.41) is 3.89. The fraction of sp³-hybridized carbons (Fsp3) is 0.360. The summed E-state index contributed by atoms with van der Waals surface area (Å²) in [7, 11) is 0. The van der Waals surface area contributed by atoms with Crippen molar-refractivity contribution in [3.8, 4) is 0 Å². The van der Waals surface area contributed by atoms with Crippen LogP contribution in [0.2, 0.25) is 0 Å². The molecule has 0 saturated carbocycles. The van der Waals surface area contributed by atoms with Crippen molar-refractivity contribution in [1.82, 2.24) is 9.55 Å². The number of morpholine rings is 1. The van der Waals surface area contributed by atoms with Crippen LogP contribution in [0.5, 0.6) is 0 Å². The second-order valence-electron chi connectivity index (χ2n) is 8.67. The first kappa shape index (κ1) is 23.5. The number of fused-ring (bicyclic) bond motifs is 2. The molecule has 5 rings (SSSR count). The van der Waals surface area contributed by atoms with Gasteiger partial charge in [-0.3, -0.25) is 19.0 Å². The zero-order valence-electron chi connectivity index (χ0n) is 19.4. The van der Waals surface area contributed by atoms with E-state index in [1.165, 1.54) is 21.6 Å². The van der Waals surface area contributed by atoms with Crippen molar-refractivity contribution in [2.45, 2.75) is 18.1 Å². The molecule has 10 heteroatoms. The number of quaternary nitrogens is 1. The molecule has 1 aromatic heterocycles. The van der Waals surface area contributed by atoms with Crippen molar-refractivity contribution in [2.75, 3.05) is 55.4 Å². The Bertz CT molecular complexity index is 1300. The van der Waals surface area contributed by atoms with E-state index in [4.69, 9.17) is 9.72 Å². The quantitative estimate of drug-likeness (QED) is 0.372. The normalized spacial score (nSPS) is 16.2. The summed E-state index contributed by atoms with van der Waals surface area (Å²) in [6.07, 6.45) is 0.830. The summed E-state index contributed by atoms with van der Waals surface area (Å²) < 4.78 is 7.12. The predicted molar refractivity (Wildman–Crippen MR) is 135 cm³/mol. The van der Waals surface area contributed by atoms with Crippen molar-refractivity contribution in [2.24, 2.45) is 0 Å². The number of benzene rings is 2. The fourth-order valence-electron chi connectivity index (χ4n) is 4.51. The van der Waals surface area contributed by atoms with Crippen molar-refractivity contribution in [3.05, 3.63) is 58.9 Å². The van der Waals surface area contributed by atoms with Gasteiger partial charge in [-0.25, -0.2) is 4.98 Å². The van der Waals surface area contributed by atoms with Gasteiger partial charge in [0, 0.05) is 13.0 Å². The Morgan fingerprint density at radius 2 is 1.86 bits per heavy atom. The lowest BCUT2D eigenvalue weighted by Gasteiger charge is -2.29. The number of anilines is 2. The molecule has 0 unspecified atom stereocenters. The molecule has 2 aromatic carbocycles. The number of para-hydroxylation sites is 3. The number of nitrogens with one attached hydrogen (secondary N) is 2. The molecule has 2 aliphatic rings. The minimum Gasteiger partial charge on any atom is -0.370 e. The summed E-state index contributed by atoms with van der Waals surface area (Å²) in [5.74, 6) is -0.362. The number of hydrogen-bond acceptors (Lipinski definition) is 6. The molecular weight excluding hydrogens is 466 g/mol. The fourth-order valence-corrected chi connectivity index (χ4v) is 5.41. The lowest BCUT2D eigenvalue weighted by molar-refractivity contribution is -0.908. The molecule has 2 aliphatic heterocycles. The first-order valence-electron chi connectivity index (χ1n) is 11.8. The molecule has 35 heavy (non-hydrogen) atoms. The largest absolute Gasteiger partial charge is 0.370 e. The van der Waals surface area contributed by atoms with E-state index in [-0.39, 0.29) is 29.7 Å². The van der Waals surface area contributed by atoms with Crippen molar-refractivity contribution in [3.63, 3.8) is 0 Å². The van der Waals surface area contributed by atoms with Gasteiger partial charge in [-0.2, -0.15) is 0 Å². The number of aromatic nitrogens is 2. The molecule has 1 fully saturated rings. The lowest BCUT2D eigenvalue weighted by Crippen LogP contribution is -3.14. The van der Waals surface area contributed by atoms with Gasteiger partial charge in [-0.15, -0.1) is 0 Å². The average Bonchev–Trinajstić information content (AvgIpc) is 2.89. The van der Waals surface area contributed by atoms with Crippen LogP contribution in [0.25, 0.3) is 10.9 Å². The third-order valence-corrected chi connectivity index (χ3v) is 7.30. The van der Waals surface area contributed by atoms with E-state index in [1.54, 1.807) is 16.7 Å². The first-order valence-corrected chi connectivity index (χ1v) is 12.8. The second-order valence-corrected chi connectivity index (χ2v) is 9.61. The highest BCUT2D eigenvalue weighted by molar-refractivity contribution is 7.99. The average molecular weight is 495 g/mol. The van der Waals surface area contributed by atoms with E-state index < -0.39 is 0 Å². The highest BCUT2D eigenvalue weighted by Crippen LogP contribution is 2.30. The lowest BCUT2D eigenvalue weighted by atomic mass is 10.2. The Kier molecular flexibility index (Phi) is 7.12. The first-order chi connectivity index (χ1) is 17.1. The molecule has 2 N–H and O–H groups in total. The monoisotopic (exact) mass is 494 g/mol. The van der Waals surface area contributed by atoms with E-state index in [0.717, 1.165) is 39.3 Å². The third-order valence-electron chi connectivity index (χ3n) is 6.34. The summed E-state index contributed by atoms with van der Waals surface area (Å²) in [6, 6.07) is 14.5. The van der Waals surface area contributed by atoms with Gasteiger partial charge in [-0.05, 0) is 24.3 Å². The van der Waals surface area contributed by atoms with Gasteiger partial charge in [-0.1, -0.05) is 36.0 Å². The molecule has 3 aromatic rings. The van der Waals surface area contributed by atoms with Crippen LogP contribution in [0.1, 0.15) is 6.42 Å². The number of rotatable bonds is 7. The van der Waals surface area contributed by atoms with E-state index >= 15 is 0 Å². The summed E-state index contributed by atoms with van der Waals surface area (Å²) in [5.41, 5.74) is 1.82. The number of carbonyl (C=O) groups is 2. The van der Waals surface area contributed by atoms with Crippen LogP contribution in [-0.4, -0.2) is 66.5 Å². The Morgan fingerprint density at radius 1 is 1.09 bits per heavy atom. The number of hydrogen-bond donors (Lipinski definition) is 2. The smallest absolute Gasteiger partial charge is 0.262 e. The van der Waals surface area contributed by atoms with Crippen LogP contribution >= 0.6 is 11.8 Å². The molecule has 1 saturated heterocycles. The Morgan fingerprint density at radius 3 is 2.71 bits per heavy atom.